The normalized spacial score (nSPS) is 30.0. The van der Waals surface area contributed by atoms with Gasteiger partial charge in [-0.1, -0.05) is 13.3 Å². The zero-order valence-corrected chi connectivity index (χ0v) is 8.64. The summed E-state index contributed by atoms with van der Waals surface area (Å²) in [6, 6.07) is 0.846. The molecule has 1 saturated carbocycles. The molecule has 0 heterocycles. The molecule has 0 amide bonds. The van der Waals surface area contributed by atoms with Crippen LogP contribution in [0.2, 0.25) is 0 Å². The fourth-order valence-electron chi connectivity index (χ4n) is 2.23. The van der Waals surface area contributed by atoms with Gasteiger partial charge in [0.15, 0.2) is 0 Å². The molecule has 0 aliphatic heterocycles. The molecule has 1 fully saturated rings. The second kappa shape index (κ2) is 4.83. The maximum atomic E-state index is 3.20. The van der Waals surface area contributed by atoms with Crippen molar-refractivity contribution in [2.45, 2.75) is 32.2 Å². The average molecular weight is 170 g/mol. The first-order chi connectivity index (χ1) is 5.75. The summed E-state index contributed by atoms with van der Waals surface area (Å²) >= 11 is 0. The first-order valence-electron chi connectivity index (χ1n) is 5.10. The van der Waals surface area contributed by atoms with Crippen molar-refractivity contribution in [3.63, 3.8) is 0 Å². The van der Waals surface area contributed by atoms with E-state index >= 15 is 0 Å². The van der Waals surface area contributed by atoms with Crippen LogP contribution in [0.3, 0.4) is 0 Å². The predicted octanol–water partition coefficient (Wildman–Crippen LogP) is 1.33. The van der Waals surface area contributed by atoms with Crippen molar-refractivity contribution in [2.75, 3.05) is 27.2 Å². The molecule has 0 bridgehead atoms. The molecule has 12 heavy (non-hydrogen) atoms. The second-order valence-electron chi connectivity index (χ2n) is 4.06. The lowest BCUT2D eigenvalue weighted by Gasteiger charge is -2.27. The van der Waals surface area contributed by atoms with Crippen molar-refractivity contribution in [1.29, 1.82) is 0 Å². The Labute approximate surface area is 76.3 Å². The smallest absolute Gasteiger partial charge is 0.0118 e. The molecule has 0 spiro atoms. The fraction of sp³-hybridized carbons (Fsp3) is 1.00. The lowest BCUT2D eigenvalue weighted by atomic mass is 10.1. The number of likely N-dealkylation sites (N-methyl/N-ethyl adjacent to an activating group) is 2. The maximum absolute atomic E-state index is 3.20. The van der Waals surface area contributed by atoms with Crippen LogP contribution in [0.4, 0.5) is 0 Å². The van der Waals surface area contributed by atoms with Crippen LogP contribution in [0.1, 0.15) is 26.2 Å². The van der Waals surface area contributed by atoms with Gasteiger partial charge < -0.3 is 10.2 Å². The van der Waals surface area contributed by atoms with E-state index in [2.05, 4.69) is 24.2 Å². The Hall–Kier alpha value is -0.0800. The van der Waals surface area contributed by atoms with Gasteiger partial charge in [-0.3, -0.25) is 0 Å². The van der Waals surface area contributed by atoms with E-state index in [0.717, 1.165) is 18.5 Å². The van der Waals surface area contributed by atoms with Crippen molar-refractivity contribution in [2.24, 2.45) is 5.92 Å². The van der Waals surface area contributed by atoms with E-state index in [1.807, 2.05) is 7.05 Å². The molecule has 0 aromatic heterocycles. The first kappa shape index (κ1) is 10.0. The molecular weight excluding hydrogens is 148 g/mol. The number of hydrogen-bond acceptors (Lipinski definition) is 2. The van der Waals surface area contributed by atoms with Crippen LogP contribution >= 0.6 is 0 Å². The minimum atomic E-state index is 0.846. The van der Waals surface area contributed by atoms with Crippen LogP contribution in [0.15, 0.2) is 0 Å². The molecule has 1 rings (SSSR count). The fourth-order valence-corrected chi connectivity index (χ4v) is 2.23. The Kier molecular flexibility index (Phi) is 4.02. The minimum Gasteiger partial charge on any atom is -0.318 e. The van der Waals surface area contributed by atoms with Crippen LogP contribution in [-0.4, -0.2) is 38.1 Å². The zero-order chi connectivity index (χ0) is 8.97. The Morgan fingerprint density at radius 3 is 2.67 bits per heavy atom. The molecule has 1 aliphatic rings. The molecule has 2 heteroatoms. The van der Waals surface area contributed by atoms with Crippen LogP contribution in [-0.2, 0) is 0 Å². The molecule has 2 unspecified atom stereocenters. The molecule has 0 saturated heterocycles. The van der Waals surface area contributed by atoms with Gasteiger partial charge in [-0.2, -0.15) is 0 Å². The topological polar surface area (TPSA) is 15.3 Å². The van der Waals surface area contributed by atoms with Crippen LogP contribution in [0.25, 0.3) is 0 Å². The maximum Gasteiger partial charge on any atom is 0.0118 e. The average Bonchev–Trinajstić information content (AvgIpc) is 2.47. The summed E-state index contributed by atoms with van der Waals surface area (Å²) in [6.45, 7) is 4.68. The zero-order valence-electron chi connectivity index (χ0n) is 8.64. The number of nitrogens with zero attached hydrogens (tertiary/aromatic N) is 1. The standard InChI is InChI=1S/C10H22N2/c1-9-5-4-6-10(9)12(3)8-7-11-2/h9-11H,4-8H2,1-3H3. The van der Waals surface area contributed by atoms with Crippen LogP contribution in [0, 0.1) is 5.92 Å². The van der Waals surface area contributed by atoms with Gasteiger partial charge in [0.2, 0.25) is 0 Å². The predicted molar refractivity (Wildman–Crippen MR) is 53.4 cm³/mol. The number of hydrogen-bond donors (Lipinski definition) is 1. The Bertz CT molecular complexity index is 125. The highest BCUT2D eigenvalue weighted by molar-refractivity contribution is 4.81. The van der Waals surface area contributed by atoms with Crippen molar-refractivity contribution in [3.05, 3.63) is 0 Å². The van der Waals surface area contributed by atoms with Gasteiger partial charge in [0.25, 0.3) is 0 Å². The lowest BCUT2D eigenvalue weighted by molar-refractivity contribution is 0.208. The van der Waals surface area contributed by atoms with E-state index < -0.39 is 0 Å². The molecule has 0 radical (unpaired) electrons. The Morgan fingerprint density at radius 2 is 2.17 bits per heavy atom. The Morgan fingerprint density at radius 1 is 1.42 bits per heavy atom. The van der Waals surface area contributed by atoms with Gasteiger partial charge in [-0.15, -0.1) is 0 Å². The first-order valence-corrected chi connectivity index (χ1v) is 5.10. The van der Waals surface area contributed by atoms with E-state index in [1.165, 1.54) is 25.8 Å². The van der Waals surface area contributed by atoms with Gasteiger partial charge in [0, 0.05) is 19.1 Å². The summed E-state index contributed by atoms with van der Waals surface area (Å²) in [5, 5.41) is 3.20. The van der Waals surface area contributed by atoms with Gasteiger partial charge >= 0.3 is 0 Å². The number of nitrogens with one attached hydrogen (secondary N) is 1. The van der Waals surface area contributed by atoms with Gasteiger partial charge in [0.1, 0.15) is 0 Å². The SMILES string of the molecule is CNCCN(C)C1CCCC1C. The molecule has 72 valence electrons. The minimum absolute atomic E-state index is 0.846. The molecule has 1 aliphatic carbocycles. The molecule has 1 N–H and O–H groups in total. The van der Waals surface area contributed by atoms with Crippen molar-refractivity contribution in [3.8, 4) is 0 Å². The van der Waals surface area contributed by atoms with Gasteiger partial charge in [-0.05, 0) is 32.9 Å². The summed E-state index contributed by atoms with van der Waals surface area (Å²) in [5.74, 6) is 0.909. The number of rotatable bonds is 4. The summed E-state index contributed by atoms with van der Waals surface area (Å²) < 4.78 is 0. The quantitative estimate of drug-likeness (QED) is 0.684. The third kappa shape index (κ3) is 2.46. The lowest BCUT2D eigenvalue weighted by Crippen LogP contribution is -2.37. The van der Waals surface area contributed by atoms with Crippen molar-refractivity contribution >= 4 is 0 Å². The van der Waals surface area contributed by atoms with Gasteiger partial charge in [0.05, 0.1) is 0 Å². The van der Waals surface area contributed by atoms with Gasteiger partial charge in [-0.25, -0.2) is 0 Å². The summed E-state index contributed by atoms with van der Waals surface area (Å²) in [6.07, 6.45) is 4.26. The third-order valence-electron chi connectivity index (χ3n) is 3.10. The van der Waals surface area contributed by atoms with E-state index in [9.17, 15) is 0 Å². The van der Waals surface area contributed by atoms with Crippen LogP contribution in [0.5, 0.6) is 0 Å². The highest BCUT2D eigenvalue weighted by atomic mass is 15.1. The summed E-state index contributed by atoms with van der Waals surface area (Å²) in [7, 11) is 4.27. The molecule has 2 nitrogen and oxygen atoms in total. The van der Waals surface area contributed by atoms with Crippen LogP contribution < -0.4 is 5.32 Å². The van der Waals surface area contributed by atoms with Crippen molar-refractivity contribution < 1.29 is 0 Å². The molecule has 0 aromatic carbocycles. The summed E-state index contributed by atoms with van der Waals surface area (Å²) in [5.41, 5.74) is 0. The van der Waals surface area contributed by atoms with E-state index in [1.54, 1.807) is 0 Å². The molecule has 2 atom stereocenters. The third-order valence-corrected chi connectivity index (χ3v) is 3.10. The van der Waals surface area contributed by atoms with E-state index in [-0.39, 0.29) is 0 Å². The molecule has 0 aromatic rings. The van der Waals surface area contributed by atoms with E-state index in [4.69, 9.17) is 0 Å². The van der Waals surface area contributed by atoms with E-state index in [0.29, 0.717) is 0 Å². The largest absolute Gasteiger partial charge is 0.318 e. The van der Waals surface area contributed by atoms with Crippen molar-refractivity contribution in [1.82, 2.24) is 10.2 Å². The Balaban J connectivity index is 2.25. The highest BCUT2D eigenvalue weighted by Crippen LogP contribution is 2.28. The highest BCUT2D eigenvalue weighted by Gasteiger charge is 2.26. The summed E-state index contributed by atoms with van der Waals surface area (Å²) in [4.78, 5) is 2.51. The molecular formula is C10H22N2. The monoisotopic (exact) mass is 170 g/mol. The second-order valence-corrected chi connectivity index (χ2v) is 4.06.